The molecule has 0 aliphatic rings. The molecule has 0 spiro atoms. The number of hydrogen-bond donors (Lipinski definition) is 2. The first-order valence-corrected chi connectivity index (χ1v) is 7.10. The average molecular weight is 296 g/mol. The van der Waals surface area contributed by atoms with Crippen LogP contribution in [0, 0.1) is 0 Å². The van der Waals surface area contributed by atoms with Gasteiger partial charge in [-0.2, -0.15) is 0 Å². The number of aryl methyl sites for hydroxylation is 1. The fourth-order valence-corrected chi connectivity index (χ4v) is 2.37. The number of H-pyrrole nitrogens is 1. The highest BCUT2D eigenvalue weighted by atomic mass is 16.2. The molecule has 3 rings (SSSR count). The van der Waals surface area contributed by atoms with Crippen LogP contribution in [0.3, 0.4) is 0 Å². The van der Waals surface area contributed by atoms with Crippen LogP contribution in [0.2, 0.25) is 0 Å². The number of carbonyl (C=O) groups excluding carboxylic acids is 1. The van der Waals surface area contributed by atoms with Crippen molar-refractivity contribution in [2.75, 3.05) is 6.54 Å². The Morgan fingerprint density at radius 1 is 1.32 bits per heavy atom. The third kappa shape index (κ3) is 3.06. The summed E-state index contributed by atoms with van der Waals surface area (Å²) in [7, 11) is 0. The number of fused-ring (bicyclic) bond motifs is 1. The van der Waals surface area contributed by atoms with Gasteiger partial charge in [-0.15, -0.1) is 0 Å². The average Bonchev–Trinajstić information content (AvgIpc) is 3.04. The zero-order valence-corrected chi connectivity index (χ0v) is 12.0. The normalized spacial score (nSPS) is 10.7. The molecule has 6 heteroatoms. The van der Waals surface area contributed by atoms with Crippen LogP contribution in [0.4, 0.5) is 0 Å². The van der Waals surface area contributed by atoms with Gasteiger partial charge >= 0.3 is 0 Å². The van der Waals surface area contributed by atoms with Gasteiger partial charge in [-0.1, -0.05) is 18.2 Å². The smallest absolute Gasteiger partial charge is 0.252 e. The molecule has 6 nitrogen and oxygen atoms in total. The van der Waals surface area contributed by atoms with Crippen molar-refractivity contribution < 1.29 is 4.79 Å². The van der Waals surface area contributed by atoms with E-state index in [2.05, 4.69) is 15.3 Å². The summed E-state index contributed by atoms with van der Waals surface area (Å²) < 4.78 is 1.95. The highest BCUT2D eigenvalue weighted by Crippen LogP contribution is 2.14. The second-order valence-electron chi connectivity index (χ2n) is 5.00. The molecule has 0 aliphatic carbocycles. The molecule has 0 saturated heterocycles. The molecule has 0 fully saturated rings. The van der Waals surface area contributed by atoms with Gasteiger partial charge in [0.1, 0.15) is 0 Å². The van der Waals surface area contributed by atoms with E-state index < -0.39 is 0 Å². The molecule has 2 aromatic heterocycles. The van der Waals surface area contributed by atoms with Gasteiger partial charge in [0.15, 0.2) is 0 Å². The number of hydrogen-bond acceptors (Lipinski definition) is 3. The SMILES string of the molecule is O=C(NCCCn1ccnc1)c1cc(=O)[nH]c2ccccc12. The van der Waals surface area contributed by atoms with E-state index in [1.807, 2.05) is 29.0 Å². The molecule has 1 amide bonds. The zero-order chi connectivity index (χ0) is 15.4. The summed E-state index contributed by atoms with van der Waals surface area (Å²) in [4.78, 5) is 30.6. The summed E-state index contributed by atoms with van der Waals surface area (Å²) in [5.74, 6) is -0.229. The lowest BCUT2D eigenvalue weighted by Crippen LogP contribution is -2.26. The highest BCUT2D eigenvalue weighted by Gasteiger charge is 2.10. The van der Waals surface area contributed by atoms with Gasteiger partial charge in [0.2, 0.25) is 5.56 Å². The van der Waals surface area contributed by atoms with Crippen LogP contribution in [0.15, 0.2) is 53.8 Å². The Morgan fingerprint density at radius 2 is 2.18 bits per heavy atom. The number of carbonyl (C=O) groups is 1. The summed E-state index contributed by atoms with van der Waals surface area (Å²) in [6.07, 6.45) is 6.14. The van der Waals surface area contributed by atoms with E-state index in [1.165, 1.54) is 6.07 Å². The predicted molar refractivity (Wildman–Crippen MR) is 83.7 cm³/mol. The lowest BCUT2D eigenvalue weighted by Gasteiger charge is -2.08. The molecule has 0 radical (unpaired) electrons. The summed E-state index contributed by atoms with van der Waals surface area (Å²) in [5, 5.41) is 3.60. The Kier molecular flexibility index (Phi) is 4.00. The highest BCUT2D eigenvalue weighted by molar-refractivity contribution is 6.05. The zero-order valence-electron chi connectivity index (χ0n) is 12.0. The largest absolute Gasteiger partial charge is 0.352 e. The number of rotatable bonds is 5. The standard InChI is InChI=1S/C16H16N4O2/c21-15-10-13(12-4-1-2-5-14(12)19-15)16(22)18-6-3-8-20-9-7-17-11-20/h1-2,4-5,7,9-11H,3,6,8H2,(H,18,22)(H,19,21). The lowest BCUT2D eigenvalue weighted by atomic mass is 10.1. The van der Waals surface area contributed by atoms with Crippen molar-refractivity contribution in [1.29, 1.82) is 0 Å². The maximum Gasteiger partial charge on any atom is 0.252 e. The number of aromatic amines is 1. The van der Waals surface area contributed by atoms with E-state index in [0.717, 1.165) is 18.4 Å². The minimum absolute atomic E-state index is 0.229. The Bertz CT molecular complexity index is 837. The summed E-state index contributed by atoms with van der Waals surface area (Å²) in [5.41, 5.74) is 0.794. The van der Waals surface area contributed by atoms with Crippen LogP contribution in [-0.2, 0) is 6.54 Å². The predicted octanol–water partition coefficient (Wildman–Crippen LogP) is 1.54. The van der Waals surface area contributed by atoms with E-state index in [1.54, 1.807) is 18.6 Å². The number of nitrogens with one attached hydrogen (secondary N) is 2. The van der Waals surface area contributed by atoms with Crippen LogP contribution < -0.4 is 10.9 Å². The quantitative estimate of drug-likeness (QED) is 0.701. The molecule has 0 bridgehead atoms. The third-order valence-electron chi connectivity index (χ3n) is 3.43. The van der Waals surface area contributed by atoms with Crippen LogP contribution in [0.25, 0.3) is 10.9 Å². The number of amides is 1. The Morgan fingerprint density at radius 3 is 3.00 bits per heavy atom. The Labute approximate surface area is 126 Å². The van der Waals surface area contributed by atoms with Crippen LogP contribution >= 0.6 is 0 Å². The van der Waals surface area contributed by atoms with Crippen molar-refractivity contribution in [2.45, 2.75) is 13.0 Å². The Balaban J connectivity index is 1.68. The first-order valence-electron chi connectivity index (χ1n) is 7.10. The van der Waals surface area contributed by atoms with Crippen LogP contribution in [-0.4, -0.2) is 27.0 Å². The maximum atomic E-state index is 12.3. The molecular formula is C16H16N4O2. The Hall–Kier alpha value is -2.89. The number of pyridine rings is 1. The fraction of sp³-hybridized carbons (Fsp3) is 0.188. The van der Waals surface area contributed by atoms with Crippen LogP contribution in [0.1, 0.15) is 16.8 Å². The minimum atomic E-state index is -0.276. The molecule has 2 heterocycles. The van der Waals surface area contributed by atoms with Crippen molar-refractivity contribution in [3.05, 3.63) is 65.0 Å². The molecule has 3 aromatic rings. The van der Waals surface area contributed by atoms with E-state index in [-0.39, 0.29) is 11.5 Å². The van der Waals surface area contributed by atoms with E-state index in [0.29, 0.717) is 17.6 Å². The summed E-state index contributed by atoms with van der Waals surface area (Å²) >= 11 is 0. The monoisotopic (exact) mass is 296 g/mol. The van der Waals surface area contributed by atoms with Crippen molar-refractivity contribution in [2.24, 2.45) is 0 Å². The van der Waals surface area contributed by atoms with Crippen molar-refractivity contribution in [3.63, 3.8) is 0 Å². The van der Waals surface area contributed by atoms with Gasteiger partial charge in [0, 0.05) is 42.5 Å². The first kappa shape index (κ1) is 14.1. The van der Waals surface area contributed by atoms with Crippen molar-refractivity contribution >= 4 is 16.8 Å². The second-order valence-corrected chi connectivity index (χ2v) is 5.00. The number of nitrogens with zero attached hydrogens (tertiary/aromatic N) is 2. The fourth-order valence-electron chi connectivity index (χ4n) is 2.37. The van der Waals surface area contributed by atoms with Gasteiger partial charge in [0.25, 0.3) is 5.91 Å². The molecule has 112 valence electrons. The second kappa shape index (κ2) is 6.26. The molecule has 0 saturated carbocycles. The molecule has 0 unspecified atom stereocenters. The van der Waals surface area contributed by atoms with Crippen LogP contribution in [0.5, 0.6) is 0 Å². The first-order chi connectivity index (χ1) is 10.7. The van der Waals surface area contributed by atoms with Gasteiger partial charge < -0.3 is 14.9 Å². The van der Waals surface area contributed by atoms with Gasteiger partial charge in [-0.3, -0.25) is 9.59 Å². The van der Waals surface area contributed by atoms with E-state index >= 15 is 0 Å². The van der Waals surface area contributed by atoms with Gasteiger partial charge in [0.05, 0.1) is 11.9 Å². The lowest BCUT2D eigenvalue weighted by molar-refractivity contribution is 0.0954. The summed E-state index contributed by atoms with van der Waals surface area (Å²) in [6, 6.07) is 8.62. The van der Waals surface area contributed by atoms with Crippen molar-refractivity contribution in [3.8, 4) is 0 Å². The molecule has 0 aliphatic heterocycles. The molecule has 2 N–H and O–H groups in total. The molecule has 0 atom stereocenters. The molecule has 22 heavy (non-hydrogen) atoms. The third-order valence-corrected chi connectivity index (χ3v) is 3.43. The molecule has 1 aromatic carbocycles. The maximum absolute atomic E-state index is 12.3. The van der Waals surface area contributed by atoms with E-state index in [4.69, 9.17) is 0 Å². The van der Waals surface area contributed by atoms with Gasteiger partial charge in [-0.25, -0.2) is 4.98 Å². The number of aromatic nitrogens is 3. The van der Waals surface area contributed by atoms with E-state index in [9.17, 15) is 9.59 Å². The topological polar surface area (TPSA) is 79.8 Å². The summed E-state index contributed by atoms with van der Waals surface area (Å²) in [6.45, 7) is 1.33. The minimum Gasteiger partial charge on any atom is -0.352 e. The number of imidazole rings is 1. The van der Waals surface area contributed by atoms with Gasteiger partial charge in [-0.05, 0) is 12.5 Å². The molecular weight excluding hydrogens is 280 g/mol. The number of para-hydroxylation sites is 1. The van der Waals surface area contributed by atoms with Crippen molar-refractivity contribution in [1.82, 2.24) is 19.9 Å². The number of benzene rings is 1.